The first kappa shape index (κ1) is 17.4. The van der Waals surface area contributed by atoms with E-state index in [1.54, 1.807) is 12.1 Å². The van der Waals surface area contributed by atoms with Gasteiger partial charge in [-0.2, -0.15) is 0 Å². The lowest BCUT2D eigenvalue weighted by molar-refractivity contribution is -0.385. The van der Waals surface area contributed by atoms with Crippen molar-refractivity contribution in [1.82, 2.24) is 5.32 Å². The van der Waals surface area contributed by atoms with E-state index < -0.39 is 4.92 Å². The summed E-state index contributed by atoms with van der Waals surface area (Å²) in [6, 6.07) is 4.76. The van der Waals surface area contributed by atoms with E-state index in [4.69, 9.17) is 9.84 Å². The largest absolute Gasteiger partial charge is 0.496 e. The van der Waals surface area contributed by atoms with Gasteiger partial charge in [-0.05, 0) is 36.9 Å². The number of non-ortho nitro benzene ring substituents is 1. The van der Waals surface area contributed by atoms with Crippen molar-refractivity contribution in [2.75, 3.05) is 20.3 Å². The van der Waals surface area contributed by atoms with E-state index in [1.807, 2.05) is 0 Å². The summed E-state index contributed by atoms with van der Waals surface area (Å²) in [6.45, 7) is 3.65. The number of aliphatic hydroxyl groups is 1. The Morgan fingerprint density at radius 1 is 1.38 bits per heavy atom. The second-order valence-electron chi connectivity index (χ2n) is 5.09. The van der Waals surface area contributed by atoms with Crippen LogP contribution in [0.2, 0.25) is 0 Å². The first-order valence-corrected chi connectivity index (χ1v) is 7.24. The molecule has 1 atom stereocenters. The van der Waals surface area contributed by atoms with Gasteiger partial charge in [0.1, 0.15) is 5.75 Å². The van der Waals surface area contributed by atoms with Crippen LogP contribution in [0.4, 0.5) is 5.69 Å². The van der Waals surface area contributed by atoms with Crippen LogP contribution in [0.25, 0.3) is 0 Å². The maximum absolute atomic E-state index is 10.9. The molecule has 1 rings (SSSR count). The maximum Gasteiger partial charge on any atom is 0.273 e. The third-order valence-electron chi connectivity index (χ3n) is 3.39. The van der Waals surface area contributed by atoms with Gasteiger partial charge in [0.2, 0.25) is 0 Å². The van der Waals surface area contributed by atoms with Crippen molar-refractivity contribution in [3.8, 4) is 5.75 Å². The summed E-state index contributed by atoms with van der Waals surface area (Å²) in [6.07, 6.45) is 2.92. The van der Waals surface area contributed by atoms with Crippen LogP contribution >= 0.6 is 0 Å². The molecule has 118 valence electrons. The molecule has 0 spiro atoms. The summed E-state index contributed by atoms with van der Waals surface area (Å²) in [5.74, 6) is 0.919. The highest BCUT2D eigenvalue weighted by molar-refractivity contribution is 5.42. The molecular formula is C15H24N2O4. The molecule has 0 heterocycles. The van der Waals surface area contributed by atoms with Gasteiger partial charge in [0.25, 0.3) is 5.69 Å². The summed E-state index contributed by atoms with van der Waals surface area (Å²) >= 11 is 0. The summed E-state index contributed by atoms with van der Waals surface area (Å²) in [5, 5.41) is 23.2. The number of nitrogens with zero attached hydrogens (tertiary/aromatic N) is 1. The Bertz CT molecular complexity index is 445. The van der Waals surface area contributed by atoms with Crippen molar-refractivity contribution in [1.29, 1.82) is 0 Å². The van der Waals surface area contributed by atoms with Crippen LogP contribution in [0.3, 0.4) is 0 Å². The Hall–Kier alpha value is -1.66. The SMILES string of the molecule is CCCC(CCO)CNCc1cc(OC)cc([N+](=O)[O-])c1. The number of rotatable bonds is 10. The quantitative estimate of drug-likeness (QED) is 0.512. The lowest BCUT2D eigenvalue weighted by Crippen LogP contribution is -2.23. The fraction of sp³-hybridized carbons (Fsp3) is 0.600. The Balaban J connectivity index is 2.61. The number of hydrogen-bond donors (Lipinski definition) is 2. The third kappa shape index (κ3) is 6.10. The minimum Gasteiger partial charge on any atom is -0.496 e. The Morgan fingerprint density at radius 2 is 2.14 bits per heavy atom. The highest BCUT2D eigenvalue weighted by Gasteiger charge is 2.11. The number of nitrogens with one attached hydrogen (secondary N) is 1. The lowest BCUT2D eigenvalue weighted by Gasteiger charge is -2.15. The summed E-state index contributed by atoms with van der Waals surface area (Å²) < 4.78 is 5.08. The van der Waals surface area contributed by atoms with Gasteiger partial charge in [-0.25, -0.2) is 0 Å². The van der Waals surface area contributed by atoms with E-state index in [0.29, 0.717) is 18.2 Å². The van der Waals surface area contributed by atoms with Crippen molar-refractivity contribution in [3.05, 3.63) is 33.9 Å². The molecule has 0 saturated heterocycles. The van der Waals surface area contributed by atoms with Gasteiger partial charge in [0, 0.05) is 19.2 Å². The molecule has 1 unspecified atom stereocenters. The van der Waals surface area contributed by atoms with Crippen molar-refractivity contribution < 1.29 is 14.8 Å². The van der Waals surface area contributed by atoms with E-state index in [9.17, 15) is 10.1 Å². The van der Waals surface area contributed by atoms with Gasteiger partial charge in [0.05, 0.1) is 18.1 Å². The minimum atomic E-state index is -0.419. The van der Waals surface area contributed by atoms with E-state index in [1.165, 1.54) is 13.2 Å². The monoisotopic (exact) mass is 296 g/mol. The Kier molecular flexibility index (Phi) is 7.71. The highest BCUT2D eigenvalue weighted by atomic mass is 16.6. The second-order valence-corrected chi connectivity index (χ2v) is 5.09. The van der Waals surface area contributed by atoms with Gasteiger partial charge in [-0.3, -0.25) is 10.1 Å². The van der Waals surface area contributed by atoms with Crippen LogP contribution in [-0.2, 0) is 6.54 Å². The number of hydrogen-bond acceptors (Lipinski definition) is 5. The summed E-state index contributed by atoms with van der Waals surface area (Å²) in [4.78, 5) is 10.5. The third-order valence-corrected chi connectivity index (χ3v) is 3.39. The smallest absolute Gasteiger partial charge is 0.273 e. The van der Waals surface area contributed by atoms with Crippen LogP contribution in [0, 0.1) is 16.0 Å². The van der Waals surface area contributed by atoms with Crippen LogP contribution in [0.15, 0.2) is 18.2 Å². The van der Waals surface area contributed by atoms with Crippen LogP contribution in [-0.4, -0.2) is 30.3 Å². The number of benzene rings is 1. The number of nitro benzene ring substituents is 1. The standard InChI is InChI=1S/C15H24N2O4/c1-3-4-12(5-6-18)10-16-11-13-7-14(17(19)20)9-15(8-13)21-2/h7-9,12,16,18H,3-6,10-11H2,1-2H3. The zero-order valence-electron chi connectivity index (χ0n) is 12.7. The van der Waals surface area contributed by atoms with Gasteiger partial charge in [0.15, 0.2) is 0 Å². The highest BCUT2D eigenvalue weighted by Crippen LogP contribution is 2.22. The van der Waals surface area contributed by atoms with Crippen molar-refractivity contribution in [3.63, 3.8) is 0 Å². The van der Waals surface area contributed by atoms with Crippen LogP contribution < -0.4 is 10.1 Å². The zero-order chi connectivity index (χ0) is 15.7. The van der Waals surface area contributed by atoms with E-state index in [0.717, 1.165) is 31.4 Å². The normalized spacial score (nSPS) is 12.1. The molecule has 2 N–H and O–H groups in total. The summed E-state index contributed by atoms with van der Waals surface area (Å²) in [5.41, 5.74) is 0.854. The predicted octanol–water partition coefficient (Wildman–Crippen LogP) is 2.49. The molecular weight excluding hydrogens is 272 g/mol. The fourth-order valence-corrected chi connectivity index (χ4v) is 2.33. The molecule has 0 amide bonds. The summed E-state index contributed by atoms with van der Waals surface area (Å²) in [7, 11) is 1.49. The number of methoxy groups -OCH3 is 1. The number of aliphatic hydroxyl groups excluding tert-OH is 1. The molecule has 1 aromatic carbocycles. The molecule has 6 heteroatoms. The average molecular weight is 296 g/mol. The minimum absolute atomic E-state index is 0.0339. The number of ether oxygens (including phenoxy) is 1. The molecule has 6 nitrogen and oxygen atoms in total. The van der Waals surface area contributed by atoms with Crippen molar-refractivity contribution in [2.24, 2.45) is 5.92 Å². The Morgan fingerprint density at radius 3 is 2.71 bits per heavy atom. The molecule has 21 heavy (non-hydrogen) atoms. The first-order valence-electron chi connectivity index (χ1n) is 7.24. The molecule has 0 aliphatic heterocycles. The lowest BCUT2D eigenvalue weighted by atomic mass is 10.00. The first-order chi connectivity index (χ1) is 10.1. The van der Waals surface area contributed by atoms with E-state index >= 15 is 0 Å². The maximum atomic E-state index is 10.9. The average Bonchev–Trinajstić information content (AvgIpc) is 2.47. The molecule has 1 aromatic rings. The molecule has 0 aliphatic carbocycles. The van der Waals surface area contributed by atoms with E-state index in [-0.39, 0.29) is 12.3 Å². The van der Waals surface area contributed by atoms with E-state index in [2.05, 4.69) is 12.2 Å². The second kappa shape index (κ2) is 9.31. The van der Waals surface area contributed by atoms with Crippen molar-refractivity contribution >= 4 is 5.69 Å². The fourth-order valence-electron chi connectivity index (χ4n) is 2.33. The van der Waals surface area contributed by atoms with Crippen LogP contribution in [0.5, 0.6) is 5.75 Å². The molecule has 0 aromatic heterocycles. The van der Waals surface area contributed by atoms with Gasteiger partial charge in [-0.15, -0.1) is 0 Å². The van der Waals surface area contributed by atoms with Gasteiger partial charge < -0.3 is 15.2 Å². The topological polar surface area (TPSA) is 84.6 Å². The van der Waals surface area contributed by atoms with Gasteiger partial charge >= 0.3 is 0 Å². The van der Waals surface area contributed by atoms with Gasteiger partial charge in [-0.1, -0.05) is 13.3 Å². The molecule has 0 fully saturated rings. The van der Waals surface area contributed by atoms with Crippen LogP contribution in [0.1, 0.15) is 31.7 Å². The predicted molar refractivity (Wildman–Crippen MR) is 81.5 cm³/mol. The molecule has 0 saturated carbocycles. The van der Waals surface area contributed by atoms with Crippen molar-refractivity contribution in [2.45, 2.75) is 32.7 Å². The molecule has 0 aliphatic rings. The Labute approximate surface area is 125 Å². The zero-order valence-corrected chi connectivity index (χ0v) is 12.7. The molecule has 0 radical (unpaired) electrons. The number of nitro groups is 1. The molecule has 0 bridgehead atoms.